The van der Waals surface area contributed by atoms with Crippen LogP contribution in [0.5, 0.6) is 11.5 Å². The first-order chi connectivity index (χ1) is 16.9. The van der Waals surface area contributed by atoms with E-state index in [4.69, 9.17) is 13.9 Å². The van der Waals surface area contributed by atoms with Gasteiger partial charge >= 0.3 is 6.01 Å². The summed E-state index contributed by atoms with van der Waals surface area (Å²) in [4.78, 5) is 12.9. The van der Waals surface area contributed by atoms with Crippen LogP contribution in [0.1, 0.15) is 43.0 Å². The minimum absolute atomic E-state index is 0.00616. The normalized spacial score (nSPS) is 16.6. The van der Waals surface area contributed by atoms with Crippen LogP contribution in [-0.4, -0.2) is 55.6 Å². The molecule has 0 spiro atoms. The van der Waals surface area contributed by atoms with E-state index in [1.54, 1.807) is 22.5 Å². The van der Waals surface area contributed by atoms with Crippen LogP contribution < -0.4 is 14.8 Å². The number of hydrogen-bond donors (Lipinski definition) is 1. The van der Waals surface area contributed by atoms with Crippen molar-refractivity contribution in [1.29, 1.82) is 0 Å². The Labute approximate surface area is 204 Å². The zero-order valence-electron chi connectivity index (χ0n) is 19.9. The van der Waals surface area contributed by atoms with E-state index in [1.165, 1.54) is 38.5 Å². The average Bonchev–Trinajstić information content (AvgIpc) is 3.36. The lowest BCUT2D eigenvalue weighted by Gasteiger charge is -2.34. The zero-order valence-corrected chi connectivity index (χ0v) is 20.7. The molecular formula is C24H28N4O6S. The lowest BCUT2D eigenvalue weighted by Crippen LogP contribution is -2.43. The SMILES string of the molecule is CCC1CCCCN1S(=O)(=O)c1ccc(C(=O)Nc2nnc(-c3cc(OC)ccc3OC)o2)cc1. The molecule has 0 radical (unpaired) electrons. The van der Waals surface area contributed by atoms with E-state index in [9.17, 15) is 13.2 Å². The van der Waals surface area contributed by atoms with E-state index in [-0.39, 0.29) is 28.4 Å². The third-order valence-corrected chi connectivity index (χ3v) is 8.02. The highest BCUT2D eigenvalue weighted by Crippen LogP contribution is 2.33. The summed E-state index contributed by atoms with van der Waals surface area (Å²) in [5, 5.41) is 10.4. The number of carbonyl (C=O) groups is 1. The molecule has 1 N–H and O–H groups in total. The van der Waals surface area contributed by atoms with Gasteiger partial charge in [0, 0.05) is 18.2 Å². The fourth-order valence-electron chi connectivity index (χ4n) is 4.15. The molecule has 3 aromatic rings. The first-order valence-corrected chi connectivity index (χ1v) is 12.8. The molecule has 1 aromatic heterocycles. The van der Waals surface area contributed by atoms with Gasteiger partial charge in [-0.25, -0.2) is 8.42 Å². The van der Waals surface area contributed by atoms with Crippen molar-refractivity contribution in [3.05, 3.63) is 48.0 Å². The summed E-state index contributed by atoms with van der Waals surface area (Å²) in [5.41, 5.74) is 0.769. The molecule has 186 valence electrons. The summed E-state index contributed by atoms with van der Waals surface area (Å²) in [6.07, 6.45) is 3.52. The highest BCUT2D eigenvalue weighted by molar-refractivity contribution is 7.89. The van der Waals surface area contributed by atoms with Gasteiger partial charge in [0.05, 0.1) is 24.7 Å². The predicted octanol–water partition coefficient (Wildman–Crippen LogP) is 3.96. The summed E-state index contributed by atoms with van der Waals surface area (Å²) in [7, 11) is -0.572. The van der Waals surface area contributed by atoms with E-state index in [0.717, 1.165) is 25.7 Å². The van der Waals surface area contributed by atoms with Gasteiger partial charge in [-0.2, -0.15) is 4.31 Å². The maximum absolute atomic E-state index is 13.1. The predicted molar refractivity (Wildman–Crippen MR) is 129 cm³/mol. The second kappa shape index (κ2) is 10.4. The maximum Gasteiger partial charge on any atom is 0.322 e. The van der Waals surface area contributed by atoms with Gasteiger partial charge in [-0.1, -0.05) is 18.4 Å². The van der Waals surface area contributed by atoms with E-state index < -0.39 is 15.9 Å². The number of methoxy groups -OCH3 is 2. The maximum atomic E-state index is 13.1. The molecule has 0 saturated carbocycles. The number of nitrogens with one attached hydrogen (secondary N) is 1. The summed E-state index contributed by atoms with van der Waals surface area (Å²) in [5.74, 6) is 0.716. The smallest absolute Gasteiger partial charge is 0.322 e. The number of aromatic nitrogens is 2. The molecule has 1 atom stereocenters. The van der Waals surface area contributed by atoms with Crippen molar-refractivity contribution in [2.75, 3.05) is 26.1 Å². The molecule has 1 aliphatic heterocycles. The minimum atomic E-state index is -3.63. The van der Waals surface area contributed by atoms with Gasteiger partial charge in [0.2, 0.25) is 10.0 Å². The van der Waals surface area contributed by atoms with Gasteiger partial charge in [-0.05, 0) is 61.7 Å². The molecule has 1 amide bonds. The molecule has 0 bridgehead atoms. The Morgan fingerprint density at radius 3 is 2.57 bits per heavy atom. The molecule has 0 aliphatic carbocycles. The van der Waals surface area contributed by atoms with Crippen LogP contribution in [0.25, 0.3) is 11.5 Å². The highest BCUT2D eigenvalue weighted by atomic mass is 32.2. The fraction of sp³-hybridized carbons (Fsp3) is 0.375. The van der Waals surface area contributed by atoms with E-state index in [0.29, 0.717) is 23.6 Å². The van der Waals surface area contributed by atoms with Crippen molar-refractivity contribution < 1.29 is 27.1 Å². The van der Waals surface area contributed by atoms with Crippen molar-refractivity contribution in [3.8, 4) is 23.0 Å². The summed E-state index contributed by atoms with van der Waals surface area (Å²) in [6.45, 7) is 2.51. The highest BCUT2D eigenvalue weighted by Gasteiger charge is 2.32. The molecule has 2 heterocycles. The molecule has 35 heavy (non-hydrogen) atoms. The quantitative estimate of drug-likeness (QED) is 0.493. The molecule has 10 nitrogen and oxygen atoms in total. The Kier molecular flexibility index (Phi) is 7.37. The summed E-state index contributed by atoms with van der Waals surface area (Å²) >= 11 is 0. The standard InChI is InChI=1S/C24H28N4O6S/c1-4-17-7-5-6-14-28(17)35(30,31)19-11-8-16(9-12-19)22(29)25-24-27-26-23(34-24)20-15-18(32-2)10-13-21(20)33-3/h8-13,15,17H,4-7,14H2,1-3H3,(H,25,27,29). The third-order valence-electron chi connectivity index (χ3n) is 6.05. The van der Waals surface area contributed by atoms with Gasteiger partial charge in [-0.15, -0.1) is 5.10 Å². The third kappa shape index (κ3) is 5.15. The second-order valence-electron chi connectivity index (χ2n) is 8.13. The van der Waals surface area contributed by atoms with Crippen LogP contribution >= 0.6 is 0 Å². The number of hydrogen-bond acceptors (Lipinski definition) is 8. The number of carbonyl (C=O) groups excluding carboxylic acids is 1. The van der Waals surface area contributed by atoms with Crippen molar-refractivity contribution >= 4 is 21.9 Å². The number of benzene rings is 2. The van der Waals surface area contributed by atoms with Crippen LogP contribution in [0, 0.1) is 0 Å². The molecule has 11 heteroatoms. The number of nitrogens with zero attached hydrogens (tertiary/aromatic N) is 3. The van der Waals surface area contributed by atoms with Gasteiger partial charge in [-0.3, -0.25) is 10.1 Å². The largest absolute Gasteiger partial charge is 0.497 e. The Bertz CT molecular complexity index is 1290. The van der Waals surface area contributed by atoms with Gasteiger partial charge < -0.3 is 13.9 Å². The minimum Gasteiger partial charge on any atom is -0.497 e. The monoisotopic (exact) mass is 500 g/mol. The lowest BCUT2D eigenvalue weighted by molar-refractivity contribution is 0.102. The molecule has 1 unspecified atom stereocenters. The number of anilines is 1. The van der Waals surface area contributed by atoms with Crippen LogP contribution in [-0.2, 0) is 10.0 Å². The van der Waals surface area contributed by atoms with Crippen molar-refractivity contribution in [2.45, 2.75) is 43.5 Å². The molecule has 1 saturated heterocycles. The number of amides is 1. The van der Waals surface area contributed by atoms with Gasteiger partial charge in [0.1, 0.15) is 11.5 Å². The van der Waals surface area contributed by atoms with Crippen LogP contribution in [0.4, 0.5) is 6.01 Å². The molecule has 1 aliphatic rings. The van der Waals surface area contributed by atoms with Gasteiger partial charge in [0.25, 0.3) is 11.8 Å². The molecule has 2 aromatic carbocycles. The van der Waals surface area contributed by atoms with Gasteiger partial charge in [0.15, 0.2) is 0 Å². The van der Waals surface area contributed by atoms with Crippen molar-refractivity contribution in [3.63, 3.8) is 0 Å². The van der Waals surface area contributed by atoms with Crippen molar-refractivity contribution in [2.24, 2.45) is 0 Å². The first kappa shape index (κ1) is 24.7. The number of rotatable bonds is 8. The lowest BCUT2D eigenvalue weighted by atomic mass is 10.0. The molecule has 4 rings (SSSR count). The van der Waals surface area contributed by atoms with E-state index in [1.807, 2.05) is 6.92 Å². The Balaban J connectivity index is 1.49. The first-order valence-electron chi connectivity index (χ1n) is 11.4. The van der Waals surface area contributed by atoms with Crippen molar-refractivity contribution in [1.82, 2.24) is 14.5 Å². The molecule has 1 fully saturated rings. The van der Waals surface area contributed by atoms with Crippen LogP contribution in [0.15, 0.2) is 51.8 Å². The van der Waals surface area contributed by atoms with Crippen LogP contribution in [0.2, 0.25) is 0 Å². The van der Waals surface area contributed by atoms with E-state index >= 15 is 0 Å². The topological polar surface area (TPSA) is 124 Å². The summed E-state index contributed by atoms with van der Waals surface area (Å²) in [6, 6.07) is 10.9. The molecular weight excluding hydrogens is 472 g/mol. The number of ether oxygens (including phenoxy) is 2. The Hall–Kier alpha value is -3.44. The fourth-order valence-corrected chi connectivity index (χ4v) is 5.91. The number of sulfonamides is 1. The second-order valence-corrected chi connectivity index (χ2v) is 10.0. The average molecular weight is 501 g/mol. The number of piperidine rings is 1. The Morgan fingerprint density at radius 1 is 1.11 bits per heavy atom. The zero-order chi connectivity index (χ0) is 25.0. The Morgan fingerprint density at radius 2 is 1.89 bits per heavy atom. The summed E-state index contributed by atoms with van der Waals surface area (Å²) < 4.78 is 44.0. The van der Waals surface area contributed by atoms with Crippen LogP contribution in [0.3, 0.4) is 0 Å². The van der Waals surface area contributed by atoms with E-state index in [2.05, 4.69) is 15.5 Å².